The zero-order chi connectivity index (χ0) is 24.1. The molecule has 0 saturated heterocycles. The second-order valence-electron chi connectivity index (χ2n) is 8.07. The molecule has 4 rings (SSSR count). The Kier molecular flexibility index (Phi) is 7.11. The van der Waals surface area contributed by atoms with Gasteiger partial charge in [0.25, 0.3) is 0 Å². The minimum Gasteiger partial charge on any atom is -0.494 e. The van der Waals surface area contributed by atoms with Crippen LogP contribution < -0.4 is 14.8 Å². The number of aromatic nitrogens is 3. The zero-order valence-corrected chi connectivity index (χ0v) is 20.1. The molecule has 0 saturated carbocycles. The molecule has 1 amide bonds. The molecular weight excluding hydrogens is 428 g/mol. The Morgan fingerprint density at radius 1 is 1.06 bits per heavy atom. The Labute approximate surface area is 199 Å². The summed E-state index contributed by atoms with van der Waals surface area (Å²) in [6.45, 7) is 6.98. The molecule has 2 aromatic carbocycles. The van der Waals surface area contributed by atoms with Gasteiger partial charge in [0.1, 0.15) is 5.75 Å². The molecule has 2 aromatic heterocycles. The number of benzene rings is 2. The number of methoxy groups -OCH3 is 1. The number of pyridine rings is 1. The van der Waals surface area contributed by atoms with E-state index in [0.29, 0.717) is 31.9 Å². The Bertz CT molecular complexity index is 1300. The summed E-state index contributed by atoms with van der Waals surface area (Å²) in [6, 6.07) is 17.7. The van der Waals surface area contributed by atoms with Crippen molar-refractivity contribution in [2.75, 3.05) is 13.7 Å². The molecular formula is C27H30N4O3. The van der Waals surface area contributed by atoms with Crippen molar-refractivity contribution in [1.82, 2.24) is 20.1 Å². The average molecular weight is 459 g/mol. The van der Waals surface area contributed by atoms with Crippen molar-refractivity contribution in [3.8, 4) is 17.3 Å². The van der Waals surface area contributed by atoms with E-state index in [1.54, 1.807) is 7.11 Å². The highest BCUT2D eigenvalue weighted by atomic mass is 16.5. The molecule has 4 aromatic rings. The highest BCUT2D eigenvalue weighted by molar-refractivity contribution is 5.86. The van der Waals surface area contributed by atoms with Gasteiger partial charge in [0, 0.05) is 29.5 Å². The molecule has 0 spiro atoms. The van der Waals surface area contributed by atoms with Gasteiger partial charge < -0.3 is 14.8 Å². The summed E-state index contributed by atoms with van der Waals surface area (Å²) in [6.07, 6.45) is 0.847. The first-order valence-electron chi connectivity index (χ1n) is 11.5. The smallest absolute Gasteiger partial charge is 0.220 e. The summed E-state index contributed by atoms with van der Waals surface area (Å²) in [5.74, 6) is 1.28. The fourth-order valence-electron chi connectivity index (χ4n) is 4.21. The molecule has 7 nitrogen and oxygen atoms in total. The molecule has 0 atom stereocenters. The summed E-state index contributed by atoms with van der Waals surface area (Å²) in [5.41, 5.74) is 5.50. The fraction of sp³-hybridized carbons (Fsp3) is 0.296. The van der Waals surface area contributed by atoms with Crippen LogP contribution in [0.25, 0.3) is 16.7 Å². The van der Waals surface area contributed by atoms with Gasteiger partial charge >= 0.3 is 0 Å². The lowest BCUT2D eigenvalue weighted by atomic mass is 10.0. The number of hydrogen-bond acceptors (Lipinski definition) is 5. The number of fused-ring (bicyclic) bond motifs is 1. The summed E-state index contributed by atoms with van der Waals surface area (Å²) in [7, 11) is 1.61. The standard InChI is InChI=1S/C27H30N4O3/c1-5-34-23-14-10-9-11-20(23)17-28-24(32)16-15-22-18(2)25-19(3)30-31(21-12-7-6-8-13-21)26(25)29-27(22)33-4/h6-14H,5,15-17H2,1-4H3,(H,28,32). The number of rotatable bonds is 9. The van der Waals surface area contributed by atoms with Crippen LogP contribution >= 0.6 is 0 Å². The molecule has 0 aliphatic carbocycles. The minimum absolute atomic E-state index is 0.0374. The molecule has 1 N–H and O–H groups in total. The molecule has 0 aliphatic heterocycles. The van der Waals surface area contributed by atoms with E-state index in [2.05, 4.69) is 5.32 Å². The molecule has 0 bridgehead atoms. The first-order chi connectivity index (χ1) is 16.5. The number of hydrogen-bond donors (Lipinski definition) is 1. The number of nitrogens with zero attached hydrogens (tertiary/aromatic N) is 3. The Balaban J connectivity index is 1.54. The van der Waals surface area contributed by atoms with Gasteiger partial charge in [0.05, 0.1) is 25.1 Å². The quantitative estimate of drug-likeness (QED) is 0.394. The largest absolute Gasteiger partial charge is 0.494 e. The van der Waals surface area contributed by atoms with Crippen LogP contribution in [0.3, 0.4) is 0 Å². The van der Waals surface area contributed by atoms with E-state index in [0.717, 1.165) is 44.9 Å². The van der Waals surface area contributed by atoms with E-state index in [1.165, 1.54) is 0 Å². The van der Waals surface area contributed by atoms with E-state index < -0.39 is 0 Å². The van der Waals surface area contributed by atoms with E-state index in [1.807, 2.05) is 80.1 Å². The van der Waals surface area contributed by atoms with E-state index in [-0.39, 0.29) is 5.91 Å². The van der Waals surface area contributed by atoms with Crippen LogP contribution in [0.15, 0.2) is 54.6 Å². The molecule has 0 radical (unpaired) electrons. The first-order valence-corrected chi connectivity index (χ1v) is 11.5. The lowest BCUT2D eigenvalue weighted by Crippen LogP contribution is -2.23. The minimum atomic E-state index is -0.0374. The number of nitrogens with one attached hydrogen (secondary N) is 1. The van der Waals surface area contributed by atoms with Crippen LogP contribution in [-0.2, 0) is 17.8 Å². The van der Waals surface area contributed by atoms with Gasteiger partial charge in [-0.3, -0.25) is 4.79 Å². The first kappa shape index (κ1) is 23.3. The van der Waals surface area contributed by atoms with E-state index in [9.17, 15) is 4.79 Å². The molecule has 0 aliphatic rings. The normalized spacial score (nSPS) is 10.9. The van der Waals surface area contributed by atoms with E-state index in [4.69, 9.17) is 19.6 Å². The number of aryl methyl sites for hydroxylation is 2. The predicted molar refractivity (Wildman–Crippen MR) is 133 cm³/mol. The number of para-hydroxylation sites is 2. The maximum atomic E-state index is 12.7. The van der Waals surface area contributed by atoms with Crippen molar-refractivity contribution < 1.29 is 14.3 Å². The van der Waals surface area contributed by atoms with E-state index >= 15 is 0 Å². The maximum absolute atomic E-state index is 12.7. The highest BCUT2D eigenvalue weighted by Crippen LogP contribution is 2.31. The van der Waals surface area contributed by atoms with Crippen molar-refractivity contribution in [2.45, 2.75) is 40.2 Å². The zero-order valence-electron chi connectivity index (χ0n) is 20.1. The Morgan fingerprint density at radius 2 is 1.79 bits per heavy atom. The topological polar surface area (TPSA) is 78.3 Å². The highest BCUT2D eigenvalue weighted by Gasteiger charge is 2.20. The van der Waals surface area contributed by atoms with Gasteiger partial charge in [-0.1, -0.05) is 36.4 Å². The molecule has 0 unspecified atom stereocenters. The third-order valence-corrected chi connectivity index (χ3v) is 5.87. The van der Waals surface area contributed by atoms with Crippen LogP contribution in [0.4, 0.5) is 0 Å². The van der Waals surface area contributed by atoms with Crippen LogP contribution in [0.5, 0.6) is 11.6 Å². The van der Waals surface area contributed by atoms with Crippen LogP contribution in [0.2, 0.25) is 0 Å². The monoisotopic (exact) mass is 458 g/mol. The van der Waals surface area contributed by atoms with Crippen molar-refractivity contribution >= 4 is 16.9 Å². The van der Waals surface area contributed by atoms with Crippen LogP contribution in [0, 0.1) is 13.8 Å². The van der Waals surface area contributed by atoms with Gasteiger partial charge in [0.15, 0.2) is 5.65 Å². The average Bonchev–Trinajstić information content (AvgIpc) is 3.19. The van der Waals surface area contributed by atoms with Crippen molar-refractivity contribution in [1.29, 1.82) is 0 Å². The predicted octanol–water partition coefficient (Wildman–Crippen LogP) is 4.69. The molecule has 0 fully saturated rings. The summed E-state index contributed by atoms with van der Waals surface area (Å²) in [5, 5.41) is 8.72. The van der Waals surface area contributed by atoms with Gasteiger partial charge in [-0.15, -0.1) is 0 Å². The van der Waals surface area contributed by atoms with Crippen molar-refractivity contribution in [3.05, 3.63) is 77.0 Å². The lowest BCUT2D eigenvalue weighted by molar-refractivity contribution is -0.121. The SMILES string of the molecule is CCOc1ccccc1CNC(=O)CCc1c(OC)nc2c(c(C)nn2-c2ccccc2)c1C. The summed E-state index contributed by atoms with van der Waals surface area (Å²) < 4.78 is 13.1. The molecule has 7 heteroatoms. The number of carbonyl (C=O) groups is 1. The third-order valence-electron chi connectivity index (χ3n) is 5.87. The van der Waals surface area contributed by atoms with Crippen molar-refractivity contribution in [2.24, 2.45) is 0 Å². The summed E-state index contributed by atoms with van der Waals surface area (Å²) in [4.78, 5) is 17.4. The van der Waals surface area contributed by atoms with Crippen LogP contribution in [0.1, 0.15) is 35.7 Å². The number of amides is 1. The van der Waals surface area contributed by atoms with Crippen molar-refractivity contribution in [3.63, 3.8) is 0 Å². The second-order valence-corrected chi connectivity index (χ2v) is 8.07. The molecule has 2 heterocycles. The Hall–Kier alpha value is -3.87. The molecule has 176 valence electrons. The number of ether oxygens (including phenoxy) is 2. The van der Waals surface area contributed by atoms with Gasteiger partial charge in [-0.05, 0) is 51.0 Å². The third kappa shape index (κ3) is 4.73. The Morgan fingerprint density at radius 3 is 2.53 bits per heavy atom. The van der Waals surface area contributed by atoms with Gasteiger partial charge in [-0.25, -0.2) is 4.68 Å². The number of carbonyl (C=O) groups excluding carboxylic acids is 1. The maximum Gasteiger partial charge on any atom is 0.220 e. The van der Waals surface area contributed by atoms with Gasteiger partial charge in [-0.2, -0.15) is 10.1 Å². The van der Waals surface area contributed by atoms with Crippen LogP contribution in [-0.4, -0.2) is 34.4 Å². The summed E-state index contributed by atoms with van der Waals surface area (Å²) >= 11 is 0. The molecule has 34 heavy (non-hydrogen) atoms. The second kappa shape index (κ2) is 10.4. The van der Waals surface area contributed by atoms with Gasteiger partial charge in [0.2, 0.25) is 11.8 Å². The fourth-order valence-corrected chi connectivity index (χ4v) is 4.21. The lowest BCUT2D eigenvalue weighted by Gasteiger charge is -2.14.